The molecule has 1 aliphatic rings. The summed E-state index contributed by atoms with van der Waals surface area (Å²) in [5, 5.41) is 12.4. The van der Waals surface area contributed by atoms with Crippen molar-refractivity contribution in [3.63, 3.8) is 0 Å². The first-order valence-electron chi connectivity index (χ1n) is 6.57. The average molecular weight is 272 g/mol. The highest BCUT2D eigenvalue weighted by Crippen LogP contribution is 2.33. The zero-order valence-electron chi connectivity index (χ0n) is 11.8. The van der Waals surface area contributed by atoms with E-state index in [0.717, 1.165) is 19.4 Å². The Labute approximate surface area is 113 Å². The number of hydrogen-bond donors (Lipinski definition) is 3. The van der Waals surface area contributed by atoms with Crippen LogP contribution in [0.25, 0.3) is 0 Å². The molecule has 3 unspecified atom stereocenters. The fourth-order valence-electron chi connectivity index (χ4n) is 2.60. The van der Waals surface area contributed by atoms with E-state index >= 15 is 0 Å². The number of aliphatic carboxylic acids is 1. The van der Waals surface area contributed by atoms with Crippen LogP contribution < -0.4 is 11.1 Å². The van der Waals surface area contributed by atoms with E-state index in [0.29, 0.717) is 6.42 Å². The Morgan fingerprint density at radius 3 is 2.68 bits per heavy atom. The number of methoxy groups -OCH3 is 1. The van der Waals surface area contributed by atoms with Crippen LogP contribution in [0.1, 0.15) is 33.1 Å². The molecule has 6 heteroatoms. The maximum Gasteiger partial charge on any atom is 0.321 e. The Hall–Kier alpha value is -1.14. The van der Waals surface area contributed by atoms with Gasteiger partial charge in [-0.05, 0) is 25.3 Å². The zero-order valence-corrected chi connectivity index (χ0v) is 11.8. The summed E-state index contributed by atoms with van der Waals surface area (Å²) >= 11 is 0. The van der Waals surface area contributed by atoms with Gasteiger partial charge in [-0.15, -0.1) is 0 Å². The molecule has 0 aromatic carbocycles. The molecular formula is C13H24N2O4. The minimum Gasteiger partial charge on any atom is -0.480 e. The third-order valence-electron chi connectivity index (χ3n) is 4.16. The van der Waals surface area contributed by atoms with Crippen LogP contribution in [0.3, 0.4) is 0 Å². The highest BCUT2D eigenvalue weighted by molar-refractivity contribution is 5.74. The predicted octanol–water partition coefficient (Wildman–Crippen LogP) is 0.356. The quantitative estimate of drug-likeness (QED) is 0.624. The Balaban J connectivity index is 2.68. The molecule has 0 radical (unpaired) electrons. The standard InChI is InChI=1S/C13H24N2O4/c1-13(2,11(14)12(17)18)9-6-8(4-5-15-9)7-10(16)19-3/h8-9,11,15H,4-7,14H2,1-3H3,(H,17,18). The topological polar surface area (TPSA) is 102 Å². The monoisotopic (exact) mass is 272 g/mol. The van der Waals surface area contributed by atoms with Crippen molar-refractivity contribution in [1.29, 1.82) is 0 Å². The molecule has 6 nitrogen and oxygen atoms in total. The number of carbonyl (C=O) groups is 2. The number of nitrogens with one attached hydrogen (secondary N) is 1. The number of esters is 1. The van der Waals surface area contributed by atoms with E-state index in [-0.39, 0.29) is 17.9 Å². The van der Waals surface area contributed by atoms with Gasteiger partial charge in [-0.25, -0.2) is 0 Å². The van der Waals surface area contributed by atoms with E-state index in [1.54, 1.807) is 0 Å². The second-order valence-corrected chi connectivity index (χ2v) is 5.81. The lowest BCUT2D eigenvalue weighted by Gasteiger charge is -2.42. The third-order valence-corrected chi connectivity index (χ3v) is 4.16. The molecule has 0 aromatic rings. The molecule has 0 aromatic heterocycles. The van der Waals surface area contributed by atoms with Gasteiger partial charge in [0.25, 0.3) is 0 Å². The van der Waals surface area contributed by atoms with Crippen LogP contribution in [0.4, 0.5) is 0 Å². The molecule has 0 aliphatic carbocycles. The first-order chi connectivity index (χ1) is 8.78. The number of nitrogens with two attached hydrogens (primary N) is 1. The van der Waals surface area contributed by atoms with Crippen molar-refractivity contribution in [1.82, 2.24) is 5.32 Å². The van der Waals surface area contributed by atoms with Gasteiger partial charge in [0.1, 0.15) is 6.04 Å². The molecule has 0 bridgehead atoms. The highest BCUT2D eigenvalue weighted by atomic mass is 16.5. The summed E-state index contributed by atoms with van der Waals surface area (Å²) in [5.41, 5.74) is 5.20. The van der Waals surface area contributed by atoms with Crippen LogP contribution in [0.2, 0.25) is 0 Å². The van der Waals surface area contributed by atoms with Crippen molar-refractivity contribution in [3.8, 4) is 0 Å². The van der Waals surface area contributed by atoms with Gasteiger partial charge in [0.05, 0.1) is 7.11 Å². The first kappa shape index (κ1) is 15.9. The van der Waals surface area contributed by atoms with Crippen LogP contribution in [-0.2, 0) is 14.3 Å². The Morgan fingerprint density at radius 2 is 2.16 bits per heavy atom. The van der Waals surface area contributed by atoms with E-state index in [1.165, 1.54) is 7.11 Å². The lowest BCUT2D eigenvalue weighted by Crippen LogP contribution is -2.57. The van der Waals surface area contributed by atoms with E-state index in [4.69, 9.17) is 10.8 Å². The van der Waals surface area contributed by atoms with Gasteiger partial charge in [0.15, 0.2) is 0 Å². The summed E-state index contributed by atoms with van der Waals surface area (Å²) in [4.78, 5) is 22.4. The largest absolute Gasteiger partial charge is 0.480 e. The summed E-state index contributed by atoms with van der Waals surface area (Å²) in [6.07, 6.45) is 2.01. The lowest BCUT2D eigenvalue weighted by molar-refractivity contribution is -0.144. The molecular weight excluding hydrogens is 248 g/mol. The maximum atomic E-state index is 11.3. The number of carbonyl (C=O) groups excluding carboxylic acids is 1. The average Bonchev–Trinajstić information content (AvgIpc) is 2.37. The van der Waals surface area contributed by atoms with Crippen LogP contribution >= 0.6 is 0 Å². The van der Waals surface area contributed by atoms with E-state index in [1.807, 2.05) is 13.8 Å². The molecule has 1 heterocycles. The van der Waals surface area contributed by atoms with Crippen LogP contribution in [0, 0.1) is 11.3 Å². The highest BCUT2D eigenvalue weighted by Gasteiger charge is 2.41. The number of rotatable bonds is 5. The molecule has 1 aliphatic heterocycles. The molecule has 0 amide bonds. The van der Waals surface area contributed by atoms with Crippen molar-refractivity contribution in [2.45, 2.75) is 45.2 Å². The van der Waals surface area contributed by atoms with Crippen molar-refractivity contribution >= 4 is 11.9 Å². The number of piperidine rings is 1. The number of hydrogen-bond acceptors (Lipinski definition) is 5. The SMILES string of the molecule is COC(=O)CC1CCNC(C(C)(C)C(N)C(=O)O)C1. The maximum absolute atomic E-state index is 11.3. The van der Waals surface area contributed by atoms with Gasteiger partial charge in [-0.3, -0.25) is 9.59 Å². The molecule has 1 fully saturated rings. The van der Waals surface area contributed by atoms with Crippen LogP contribution in [0.15, 0.2) is 0 Å². The van der Waals surface area contributed by atoms with Gasteiger partial charge in [0.2, 0.25) is 0 Å². The van der Waals surface area contributed by atoms with Crippen molar-refractivity contribution in [3.05, 3.63) is 0 Å². The molecule has 19 heavy (non-hydrogen) atoms. The second-order valence-electron chi connectivity index (χ2n) is 5.81. The predicted molar refractivity (Wildman–Crippen MR) is 70.5 cm³/mol. The number of ether oxygens (including phenoxy) is 1. The molecule has 110 valence electrons. The van der Waals surface area contributed by atoms with Gasteiger partial charge in [-0.2, -0.15) is 0 Å². The van der Waals surface area contributed by atoms with Crippen molar-refractivity contribution < 1.29 is 19.4 Å². The molecule has 0 spiro atoms. The zero-order chi connectivity index (χ0) is 14.6. The van der Waals surface area contributed by atoms with E-state index in [9.17, 15) is 9.59 Å². The fraction of sp³-hybridized carbons (Fsp3) is 0.846. The summed E-state index contributed by atoms with van der Waals surface area (Å²) in [6.45, 7) is 4.47. The van der Waals surface area contributed by atoms with Crippen molar-refractivity contribution in [2.75, 3.05) is 13.7 Å². The Bertz CT molecular complexity index is 344. The smallest absolute Gasteiger partial charge is 0.321 e. The van der Waals surface area contributed by atoms with Gasteiger partial charge in [-0.1, -0.05) is 13.8 Å². The molecule has 4 N–H and O–H groups in total. The Kier molecular flexibility index (Phi) is 5.31. The van der Waals surface area contributed by atoms with E-state index < -0.39 is 17.4 Å². The summed E-state index contributed by atoms with van der Waals surface area (Å²) in [6, 6.07) is -0.941. The van der Waals surface area contributed by atoms with Crippen LogP contribution in [0.5, 0.6) is 0 Å². The molecule has 3 atom stereocenters. The second kappa shape index (κ2) is 6.34. The molecule has 1 rings (SSSR count). The fourth-order valence-corrected chi connectivity index (χ4v) is 2.60. The van der Waals surface area contributed by atoms with Crippen molar-refractivity contribution in [2.24, 2.45) is 17.1 Å². The summed E-state index contributed by atoms with van der Waals surface area (Å²) in [7, 11) is 1.38. The normalized spacial score (nSPS) is 25.7. The summed E-state index contributed by atoms with van der Waals surface area (Å²) < 4.78 is 4.68. The van der Waals surface area contributed by atoms with Gasteiger partial charge < -0.3 is 20.9 Å². The minimum atomic E-state index is -0.998. The first-order valence-corrected chi connectivity index (χ1v) is 6.57. The number of carboxylic acids is 1. The lowest BCUT2D eigenvalue weighted by atomic mass is 9.72. The van der Waals surface area contributed by atoms with Gasteiger partial charge in [0, 0.05) is 17.9 Å². The van der Waals surface area contributed by atoms with Crippen LogP contribution in [-0.4, -0.2) is 42.8 Å². The minimum absolute atomic E-state index is 0.0120. The summed E-state index contributed by atoms with van der Waals surface area (Å²) in [5.74, 6) is -0.994. The molecule has 0 saturated carbocycles. The molecule has 1 saturated heterocycles. The van der Waals surface area contributed by atoms with Gasteiger partial charge >= 0.3 is 11.9 Å². The Morgan fingerprint density at radius 1 is 1.53 bits per heavy atom. The third kappa shape index (κ3) is 3.91. The number of carboxylic acid groups (broad SMARTS) is 1. The van der Waals surface area contributed by atoms with E-state index in [2.05, 4.69) is 10.1 Å².